The van der Waals surface area contributed by atoms with Gasteiger partial charge in [-0.25, -0.2) is 4.68 Å². The monoisotopic (exact) mass is 340 g/mol. The van der Waals surface area contributed by atoms with Gasteiger partial charge in [-0.2, -0.15) is 18.3 Å². The van der Waals surface area contributed by atoms with E-state index in [9.17, 15) is 18.3 Å². The van der Waals surface area contributed by atoms with Gasteiger partial charge < -0.3 is 9.84 Å². The van der Waals surface area contributed by atoms with E-state index in [0.717, 1.165) is 10.7 Å². The van der Waals surface area contributed by atoms with Gasteiger partial charge in [0.1, 0.15) is 5.75 Å². The molecule has 114 valence electrons. The van der Waals surface area contributed by atoms with Crippen molar-refractivity contribution in [3.8, 4) is 17.4 Å². The number of aromatic hydroxyl groups is 1. The third kappa shape index (κ3) is 3.03. The molecule has 1 heterocycles. The van der Waals surface area contributed by atoms with E-state index >= 15 is 0 Å². The molecule has 0 aliphatic rings. The zero-order valence-electron chi connectivity index (χ0n) is 10.8. The number of rotatable bonds is 2. The van der Waals surface area contributed by atoms with E-state index in [1.54, 1.807) is 0 Å². The average Bonchev–Trinajstić information content (AvgIpc) is 2.63. The number of alkyl halides is 3. The molecule has 0 unspecified atom stereocenters. The summed E-state index contributed by atoms with van der Waals surface area (Å²) in [4.78, 5) is 0. The molecule has 0 atom stereocenters. The van der Waals surface area contributed by atoms with Gasteiger partial charge in [-0.3, -0.25) is 0 Å². The SMILES string of the molecule is Cc1c(C(F)(F)F)nn(C)c1Oc1cc(O)c(Cl)cc1Cl. The summed E-state index contributed by atoms with van der Waals surface area (Å²) in [7, 11) is 1.31. The molecule has 4 nitrogen and oxygen atoms in total. The van der Waals surface area contributed by atoms with Crippen molar-refractivity contribution in [1.82, 2.24) is 9.78 Å². The summed E-state index contributed by atoms with van der Waals surface area (Å²) in [5.74, 6) is -0.462. The second kappa shape index (κ2) is 5.31. The summed E-state index contributed by atoms with van der Waals surface area (Å²) in [5, 5.41) is 12.9. The van der Waals surface area contributed by atoms with Gasteiger partial charge in [-0.15, -0.1) is 0 Å². The Labute approximate surface area is 127 Å². The highest BCUT2D eigenvalue weighted by molar-refractivity contribution is 6.36. The van der Waals surface area contributed by atoms with Crippen LogP contribution in [0.5, 0.6) is 17.4 Å². The fourth-order valence-electron chi connectivity index (χ4n) is 1.73. The molecule has 0 aliphatic heterocycles. The molecule has 1 N–H and O–H groups in total. The Bertz CT molecular complexity index is 699. The molecular weight excluding hydrogens is 332 g/mol. The lowest BCUT2D eigenvalue weighted by Gasteiger charge is -2.10. The minimum Gasteiger partial charge on any atom is -0.506 e. The smallest absolute Gasteiger partial charge is 0.435 e. The third-order valence-electron chi connectivity index (χ3n) is 2.70. The topological polar surface area (TPSA) is 47.3 Å². The number of ether oxygens (including phenoxy) is 1. The van der Waals surface area contributed by atoms with Crippen LogP contribution >= 0.6 is 23.2 Å². The first-order valence-corrected chi connectivity index (χ1v) is 6.33. The molecule has 0 aliphatic carbocycles. The van der Waals surface area contributed by atoms with Gasteiger partial charge in [0, 0.05) is 18.7 Å². The Kier molecular flexibility index (Phi) is 3.99. The van der Waals surface area contributed by atoms with Gasteiger partial charge in [-0.1, -0.05) is 23.2 Å². The lowest BCUT2D eigenvalue weighted by atomic mass is 10.2. The highest BCUT2D eigenvalue weighted by Gasteiger charge is 2.38. The largest absolute Gasteiger partial charge is 0.506 e. The number of aromatic nitrogens is 2. The first kappa shape index (κ1) is 15.8. The standard InChI is InChI=1S/C12H9Cl2F3N2O2/c1-5-10(12(15,16)17)18-19(2)11(5)21-9-4-8(20)6(13)3-7(9)14/h3-4,20H,1-2H3. The first-order valence-electron chi connectivity index (χ1n) is 5.58. The number of phenolic OH excluding ortho intramolecular Hbond substituents is 1. The van der Waals surface area contributed by atoms with Crippen LogP contribution in [0.25, 0.3) is 0 Å². The molecular formula is C12H9Cl2F3N2O2. The van der Waals surface area contributed by atoms with Crippen LogP contribution in [-0.4, -0.2) is 14.9 Å². The lowest BCUT2D eigenvalue weighted by Crippen LogP contribution is -2.08. The molecule has 0 bridgehead atoms. The van der Waals surface area contributed by atoms with Crippen molar-refractivity contribution in [2.24, 2.45) is 7.05 Å². The number of nitrogens with zero attached hydrogens (tertiary/aromatic N) is 2. The number of hydrogen-bond acceptors (Lipinski definition) is 3. The van der Waals surface area contributed by atoms with Crippen molar-refractivity contribution in [1.29, 1.82) is 0 Å². The lowest BCUT2D eigenvalue weighted by molar-refractivity contribution is -0.141. The second-order valence-corrected chi connectivity index (χ2v) is 5.05. The summed E-state index contributed by atoms with van der Waals surface area (Å²) < 4.78 is 44.6. The maximum atomic E-state index is 12.8. The first-order chi connectivity index (χ1) is 9.61. The van der Waals surface area contributed by atoms with E-state index in [1.807, 2.05) is 0 Å². The number of hydrogen-bond donors (Lipinski definition) is 1. The van der Waals surface area contributed by atoms with E-state index in [-0.39, 0.29) is 33.0 Å². The van der Waals surface area contributed by atoms with Crippen LogP contribution in [-0.2, 0) is 13.2 Å². The molecule has 0 fully saturated rings. The Morgan fingerprint density at radius 2 is 1.86 bits per heavy atom. The normalized spacial score (nSPS) is 11.8. The van der Waals surface area contributed by atoms with Crippen LogP contribution in [0.2, 0.25) is 10.0 Å². The number of phenols is 1. The maximum Gasteiger partial charge on any atom is 0.435 e. The summed E-state index contributed by atoms with van der Waals surface area (Å²) in [6, 6.07) is 2.34. The Morgan fingerprint density at radius 3 is 2.38 bits per heavy atom. The summed E-state index contributed by atoms with van der Waals surface area (Å²) >= 11 is 11.5. The molecule has 9 heteroatoms. The molecule has 0 amide bonds. The molecule has 0 saturated heterocycles. The predicted octanol–water partition coefficient (Wildman–Crippen LogP) is 4.55. The quantitative estimate of drug-likeness (QED) is 0.872. The van der Waals surface area contributed by atoms with Crippen LogP contribution < -0.4 is 4.74 Å². The van der Waals surface area contributed by atoms with Gasteiger partial charge in [0.05, 0.1) is 10.0 Å². The number of aryl methyl sites for hydroxylation is 1. The third-order valence-corrected chi connectivity index (χ3v) is 3.29. The van der Waals surface area contributed by atoms with Crippen molar-refractivity contribution < 1.29 is 23.0 Å². The van der Waals surface area contributed by atoms with Crippen molar-refractivity contribution in [3.05, 3.63) is 33.4 Å². The maximum absolute atomic E-state index is 12.8. The van der Waals surface area contributed by atoms with Crippen molar-refractivity contribution in [2.75, 3.05) is 0 Å². The number of halogens is 5. The van der Waals surface area contributed by atoms with Crippen LogP contribution in [0, 0.1) is 6.92 Å². The van der Waals surface area contributed by atoms with E-state index in [0.29, 0.717) is 0 Å². The minimum atomic E-state index is -4.59. The Morgan fingerprint density at radius 1 is 1.24 bits per heavy atom. The molecule has 21 heavy (non-hydrogen) atoms. The molecule has 0 saturated carbocycles. The molecule has 0 spiro atoms. The molecule has 1 aromatic carbocycles. The fourth-order valence-corrected chi connectivity index (χ4v) is 2.15. The van der Waals surface area contributed by atoms with Crippen molar-refractivity contribution in [2.45, 2.75) is 13.1 Å². The summed E-state index contributed by atoms with van der Waals surface area (Å²) in [6.07, 6.45) is -4.59. The minimum absolute atomic E-state index is 0.00468. The van der Waals surface area contributed by atoms with Crippen LogP contribution in [0.3, 0.4) is 0 Å². The fraction of sp³-hybridized carbons (Fsp3) is 0.250. The molecule has 1 aromatic heterocycles. The van der Waals surface area contributed by atoms with Crippen LogP contribution in [0.1, 0.15) is 11.3 Å². The zero-order valence-corrected chi connectivity index (χ0v) is 12.3. The second-order valence-electron chi connectivity index (χ2n) is 4.24. The van der Waals surface area contributed by atoms with Gasteiger partial charge in [0.25, 0.3) is 0 Å². The Balaban J connectivity index is 2.46. The Hall–Kier alpha value is -1.60. The van der Waals surface area contributed by atoms with Gasteiger partial charge in [0.2, 0.25) is 5.88 Å². The van der Waals surface area contributed by atoms with Gasteiger partial charge in [0.15, 0.2) is 11.4 Å². The van der Waals surface area contributed by atoms with E-state index in [1.165, 1.54) is 20.0 Å². The van der Waals surface area contributed by atoms with Gasteiger partial charge in [-0.05, 0) is 13.0 Å². The van der Waals surface area contributed by atoms with Gasteiger partial charge >= 0.3 is 6.18 Å². The molecule has 2 aromatic rings. The summed E-state index contributed by atoms with van der Waals surface area (Å²) in [6.45, 7) is 1.23. The molecule has 2 rings (SSSR count). The van der Waals surface area contributed by atoms with Crippen LogP contribution in [0.4, 0.5) is 13.2 Å². The zero-order chi connectivity index (χ0) is 15.9. The highest BCUT2D eigenvalue weighted by atomic mass is 35.5. The van der Waals surface area contributed by atoms with Crippen molar-refractivity contribution in [3.63, 3.8) is 0 Å². The van der Waals surface area contributed by atoms with Crippen LogP contribution in [0.15, 0.2) is 12.1 Å². The van der Waals surface area contributed by atoms with E-state index < -0.39 is 11.9 Å². The average molecular weight is 341 g/mol. The van der Waals surface area contributed by atoms with E-state index in [4.69, 9.17) is 27.9 Å². The van der Waals surface area contributed by atoms with Crippen molar-refractivity contribution >= 4 is 23.2 Å². The van der Waals surface area contributed by atoms with E-state index in [2.05, 4.69) is 5.10 Å². The number of benzene rings is 1. The molecule has 0 radical (unpaired) electrons. The summed E-state index contributed by atoms with van der Waals surface area (Å²) in [5.41, 5.74) is -1.23. The highest BCUT2D eigenvalue weighted by Crippen LogP contribution is 2.40. The predicted molar refractivity (Wildman–Crippen MR) is 71.1 cm³/mol.